The van der Waals surface area contributed by atoms with Crippen molar-refractivity contribution in [3.63, 3.8) is 0 Å². The Morgan fingerprint density at radius 1 is 1.35 bits per heavy atom. The third-order valence-corrected chi connectivity index (χ3v) is 4.50. The smallest absolute Gasteiger partial charge is 0.337 e. The Kier molecular flexibility index (Phi) is 6.64. The molecular formula is C14H18FNO6S. The molecule has 0 radical (unpaired) electrons. The van der Waals surface area contributed by atoms with Crippen molar-refractivity contribution in [2.45, 2.75) is 37.1 Å². The van der Waals surface area contributed by atoms with Crippen LogP contribution in [0.2, 0.25) is 0 Å². The molecule has 1 aromatic rings. The van der Waals surface area contributed by atoms with Crippen LogP contribution in [-0.4, -0.2) is 38.6 Å². The minimum Gasteiger partial charge on any atom is -0.480 e. The highest BCUT2D eigenvalue weighted by molar-refractivity contribution is 7.89. The summed E-state index contributed by atoms with van der Waals surface area (Å²) >= 11 is 0. The molecule has 0 saturated heterocycles. The molecule has 2 N–H and O–H groups in total. The first-order valence-electron chi connectivity index (χ1n) is 6.85. The number of sulfonamides is 1. The molecule has 1 aromatic carbocycles. The molecule has 1 rings (SSSR count). The van der Waals surface area contributed by atoms with Gasteiger partial charge in [-0.2, -0.15) is 4.72 Å². The lowest BCUT2D eigenvalue weighted by atomic mass is 10.1. The summed E-state index contributed by atoms with van der Waals surface area (Å²) in [5.41, 5.74) is -0.284. The first-order chi connectivity index (χ1) is 10.7. The SMILES string of the molecule is CCCCC(NS(=O)(=O)c1cc(F)cc(C(=O)OC)c1)C(=O)O. The number of esters is 1. The van der Waals surface area contributed by atoms with Crippen molar-refractivity contribution >= 4 is 22.0 Å². The van der Waals surface area contributed by atoms with Crippen LogP contribution in [0.3, 0.4) is 0 Å². The summed E-state index contributed by atoms with van der Waals surface area (Å²) in [6, 6.07) is 1.13. The highest BCUT2D eigenvalue weighted by Gasteiger charge is 2.26. The van der Waals surface area contributed by atoms with E-state index in [1.165, 1.54) is 0 Å². The third-order valence-electron chi connectivity index (χ3n) is 3.04. The van der Waals surface area contributed by atoms with Gasteiger partial charge in [0.1, 0.15) is 11.9 Å². The minimum absolute atomic E-state index is 0.101. The molecule has 0 aliphatic rings. The highest BCUT2D eigenvalue weighted by atomic mass is 32.2. The lowest BCUT2D eigenvalue weighted by Gasteiger charge is -2.15. The van der Waals surface area contributed by atoms with Crippen LogP contribution in [-0.2, 0) is 19.6 Å². The maximum absolute atomic E-state index is 13.5. The quantitative estimate of drug-likeness (QED) is 0.690. The fraction of sp³-hybridized carbons (Fsp3) is 0.429. The van der Waals surface area contributed by atoms with Crippen molar-refractivity contribution in [3.8, 4) is 0 Å². The van der Waals surface area contributed by atoms with Gasteiger partial charge in [0.25, 0.3) is 0 Å². The molecule has 9 heteroatoms. The summed E-state index contributed by atoms with van der Waals surface area (Å²) in [6.45, 7) is 1.84. The van der Waals surface area contributed by atoms with Crippen LogP contribution >= 0.6 is 0 Å². The van der Waals surface area contributed by atoms with E-state index in [4.69, 9.17) is 5.11 Å². The topological polar surface area (TPSA) is 110 Å². The number of hydrogen-bond donors (Lipinski definition) is 2. The zero-order valence-electron chi connectivity index (χ0n) is 12.7. The van der Waals surface area contributed by atoms with Crippen molar-refractivity contribution in [1.82, 2.24) is 4.72 Å². The lowest BCUT2D eigenvalue weighted by Crippen LogP contribution is -2.40. The Labute approximate surface area is 133 Å². The van der Waals surface area contributed by atoms with E-state index in [2.05, 4.69) is 4.74 Å². The number of rotatable bonds is 8. The molecule has 0 bridgehead atoms. The van der Waals surface area contributed by atoms with Crippen molar-refractivity contribution in [2.75, 3.05) is 7.11 Å². The molecule has 0 fully saturated rings. The van der Waals surface area contributed by atoms with Crippen molar-refractivity contribution in [2.24, 2.45) is 0 Å². The Balaban J connectivity index is 3.14. The molecule has 23 heavy (non-hydrogen) atoms. The van der Waals surface area contributed by atoms with Gasteiger partial charge in [-0.3, -0.25) is 4.79 Å². The number of methoxy groups -OCH3 is 1. The van der Waals surface area contributed by atoms with Gasteiger partial charge in [-0.15, -0.1) is 0 Å². The summed E-state index contributed by atoms with van der Waals surface area (Å²) in [7, 11) is -3.23. The van der Waals surface area contributed by atoms with Crippen LogP contribution in [0.15, 0.2) is 23.1 Å². The number of carboxylic acids is 1. The van der Waals surface area contributed by atoms with Gasteiger partial charge in [-0.25, -0.2) is 17.6 Å². The molecule has 0 aliphatic heterocycles. The van der Waals surface area contributed by atoms with E-state index in [-0.39, 0.29) is 12.0 Å². The molecule has 7 nitrogen and oxygen atoms in total. The number of ether oxygens (including phenoxy) is 1. The van der Waals surface area contributed by atoms with Gasteiger partial charge in [0.2, 0.25) is 10.0 Å². The van der Waals surface area contributed by atoms with E-state index in [1.54, 1.807) is 0 Å². The van der Waals surface area contributed by atoms with E-state index in [1.807, 2.05) is 11.6 Å². The van der Waals surface area contributed by atoms with Crippen molar-refractivity contribution in [3.05, 3.63) is 29.6 Å². The fourth-order valence-electron chi connectivity index (χ4n) is 1.85. The predicted octanol–water partition coefficient (Wildman–Crippen LogP) is 1.53. The Morgan fingerprint density at radius 2 is 2.00 bits per heavy atom. The van der Waals surface area contributed by atoms with E-state index in [0.29, 0.717) is 18.9 Å². The van der Waals surface area contributed by atoms with Crippen molar-refractivity contribution < 1.29 is 32.2 Å². The summed E-state index contributed by atoms with van der Waals surface area (Å²) in [5.74, 6) is -3.18. The number of hydrogen-bond acceptors (Lipinski definition) is 5. The Morgan fingerprint density at radius 3 is 2.52 bits per heavy atom. The summed E-state index contributed by atoms with van der Waals surface area (Å²) < 4.78 is 44.4. The van der Waals surface area contributed by atoms with Crippen molar-refractivity contribution in [1.29, 1.82) is 0 Å². The molecule has 1 unspecified atom stereocenters. The maximum Gasteiger partial charge on any atom is 0.337 e. The van der Waals surface area contributed by atoms with E-state index < -0.39 is 38.7 Å². The number of carbonyl (C=O) groups is 2. The van der Waals surface area contributed by atoms with Gasteiger partial charge >= 0.3 is 11.9 Å². The van der Waals surface area contributed by atoms with Crippen LogP contribution in [0.25, 0.3) is 0 Å². The maximum atomic E-state index is 13.5. The molecule has 0 heterocycles. The lowest BCUT2D eigenvalue weighted by molar-refractivity contribution is -0.139. The first kappa shape index (κ1) is 19.0. The molecule has 0 saturated carbocycles. The molecule has 0 amide bonds. The van der Waals surface area contributed by atoms with E-state index >= 15 is 0 Å². The zero-order valence-corrected chi connectivity index (χ0v) is 13.5. The van der Waals surface area contributed by atoms with Crippen LogP contribution in [0.1, 0.15) is 36.5 Å². The summed E-state index contributed by atoms with van der Waals surface area (Å²) in [6.07, 6.45) is 1.30. The number of aliphatic carboxylic acids is 1. The molecule has 128 valence electrons. The number of carbonyl (C=O) groups excluding carboxylic acids is 1. The number of halogens is 1. The second-order valence-corrected chi connectivity index (χ2v) is 6.54. The van der Waals surface area contributed by atoms with E-state index in [9.17, 15) is 22.4 Å². The molecule has 1 atom stereocenters. The fourth-order valence-corrected chi connectivity index (χ4v) is 3.13. The highest BCUT2D eigenvalue weighted by Crippen LogP contribution is 2.16. The number of unbranched alkanes of at least 4 members (excludes halogenated alkanes) is 1. The van der Waals surface area contributed by atoms with Crippen LogP contribution in [0.5, 0.6) is 0 Å². The van der Waals surface area contributed by atoms with Gasteiger partial charge in [0.05, 0.1) is 17.6 Å². The van der Waals surface area contributed by atoms with Crippen LogP contribution in [0, 0.1) is 5.82 Å². The van der Waals surface area contributed by atoms with Gasteiger partial charge in [0.15, 0.2) is 0 Å². The number of nitrogens with one attached hydrogen (secondary N) is 1. The molecule has 0 aliphatic carbocycles. The number of carboxylic acid groups (broad SMARTS) is 1. The van der Waals surface area contributed by atoms with E-state index in [0.717, 1.165) is 19.2 Å². The zero-order chi connectivity index (χ0) is 17.6. The Bertz CT molecular complexity index is 689. The summed E-state index contributed by atoms with van der Waals surface area (Å²) in [4.78, 5) is 22.0. The average molecular weight is 347 g/mol. The monoisotopic (exact) mass is 347 g/mol. The normalized spacial score (nSPS) is 12.7. The second kappa shape index (κ2) is 8.02. The minimum atomic E-state index is -4.30. The van der Waals surface area contributed by atoms with Crippen LogP contribution in [0.4, 0.5) is 4.39 Å². The predicted molar refractivity (Wildman–Crippen MR) is 79.0 cm³/mol. The summed E-state index contributed by atoms with van der Waals surface area (Å²) in [5, 5.41) is 9.07. The van der Waals surface area contributed by atoms with Gasteiger partial charge in [-0.05, 0) is 24.6 Å². The first-order valence-corrected chi connectivity index (χ1v) is 8.33. The Hall–Kier alpha value is -2.00. The van der Waals surface area contributed by atoms with Crippen LogP contribution < -0.4 is 4.72 Å². The van der Waals surface area contributed by atoms with Gasteiger partial charge in [0, 0.05) is 0 Å². The van der Waals surface area contributed by atoms with Gasteiger partial charge < -0.3 is 9.84 Å². The molecule has 0 aromatic heterocycles. The largest absolute Gasteiger partial charge is 0.480 e. The molecule has 0 spiro atoms. The number of benzene rings is 1. The average Bonchev–Trinajstić information content (AvgIpc) is 2.49. The standard InChI is InChI=1S/C14H18FNO6S/c1-3-4-5-12(13(17)18)16-23(20,21)11-7-9(14(19)22-2)6-10(15)8-11/h6-8,12,16H,3-5H2,1-2H3,(H,17,18). The van der Waals surface area contributed by atoms with Gasteiger partial charge in [-0.1, -0.05) is 19.8 Å². The molecular weight excluding hydrogens is 329 g/mol. The second-order valence-electron chi connectivity index (χ2n) is 4.82. The third kappa shape index (κ3) is 5.29.